The summed E-state index contributed by atoms with van der Waals surface area (Å²) in [5.41, 5.74) is 5.25. The van der Waals surface area contributed by atoms with Gasteiger partial charge in [0.15, 0.2) is 5.79 Å². The lowest BCUT2D eigenvalue weighted by atomic mass is 10.1. The van der Waals surface area contributed by atoms with Gasteiger partial charge in [-0.2, -0.15) is 0 Å². The number of hydrogen-bond donors (Lipinski definition) is 2. The minimum absolute atomic E-state index is 0.120. The molecule has 2 saturated heterocycles. The highest BCUT2D eigenvalue weighted by molar-refractivity contribution is 5.72. The molecule has 3 N–H and O–H groups in total. The Hall–Kier alpha value is -0.850. The van der Waals surface area contributed by atoms with Gasteiger partial charge in [-0.3, -0.25) is 0 Å². The van der Waals surface area contributed by atoms with Gasteiger partial charge in [-0.25, -0.2) is 4.79 Å². The SMILES string of the molecule is CC1(C)OCC(CNC2CCN(C(N)=O)CC2)O1. The Labute approximate surface area is 108 Å². The van der Waals surface area contributed by atoms with Crippen molar-refractivity contribution in [3.8, 4) is 0 Å². The summed E-state index contributed by atoms with van der Waals surface area (Å²) in [5, 5.41) is 3.48. The molecule has 6 nitrogen and oxygen atoms in total. The van der Waals surface area contributed by atoms with Crippen molar-refractivity contribution in [1.29, 1.82) is 0 Å². The fraction of sp³-hybridized carbons (Fsp3) is 0.917. The van der Waals surface area contributed by atoms with E-state index in [4.69, 9.17) is 15.2 Å². The molecule has 0 radical (unpaired) electrons. The first kappa shape index (κ1) is 13.6. The van der Waals surface area contributed by atoms with E-state index in [1.807, 2.05) is 13.8 Å². The number of nitrogens with one attached hydrogen (secondary N) is 1. The summed E-state index contributed by atoms with van der Waals surface area (Å²) in [7, 11) is 0. The van der Waals surface area contributed by atoms with E-state index < -0.39 is 5.79 Å². The smallest absolute Gasteiger partial charge is 0.314 e. The van der Waals surface area contributed by atoms with Crippen molar-refractivity contribution in [2.45, 2.75) is 44.6 Å². The van der Waals surface area contributed by atoms with Gasteiger partial charge in [0.1, 0.15) is 0 Å². The highest BCUT2D eigenvalue weighted by Gasteiger charge is 2.33. The molecule has 2 aliphatic heterocycles. The molecule has 0 aromatic heterocycles. The minimum Gasteiger partial charge on any atom is -0.351 e. The lowest BCUT2D eigenvalue weighted by Crippen LogP contribution is -2.48. The fourth-order valence-electron chi connectivity index (χ4n) is 2.47. The Balaban J connectivity index is 1.65. The van der Waals surface area contributed by atoms with Crippen LogP contribution in [0, 0.1) is 0 Å². The zero-order valence-corrected chi connectivity index (χ0v) is 11.1. The van der Waals surface area contributed by atoms with E-state index in [1.54, 1.807) is 4.90 Å². The predicted octanol–water partition coefficient (Wildman–Crippen LogP) is 0.271. The van der Waals surface area contributed by atoms with E-state index in [9.17, 15) is 4.79 Å². The molecule has 18 heavy (non-hydrogen) atoms. The topological polar surface area (TPSA) is 76.8 Å². The van der Waals surface area contributed by atoms with Crippen LogP contribution in [0.4, 0.5) is 4.79 Å². The number of piperidine rings is 1. The number of carbonyl (C=O) groups is 1. The number of ether oxygens (including phenoxy) is 2. The number of rotatable bonds is 3. The van der Waals surface area contributed by atoms with Crippen LogP contribution in [-0.4, -0.2) is 55.1 Å². The van der Waals surface area contributed by atoms with Gasteiger partial charge in [-0.1, -0.05) is 0 Å². The Morgan fingerprint density at radius 3 is 2.61 bits per heavy atom. The van der Waals surface area contributed by atoms with E-state index in [0.717, 1.165) is 32.5 Å². The molecule has 6 heteroatoms. The average Bonchev–Trinajstić information content (AvgIpc) is 2.67. The number of carbonyl (C=O) groups excluding carboxylic acids is 1. The Kier molecular flexibility index (Phi) is 4.09. The lowest BCUT2D eigenvalue weighted by Gasteiger charge is -2.31. The number of primary amides is 1. The van der Waals surface area contributed by atoms with E-state index in [2.05, 4.69) is 5.32 Å². The average molecular weight is 257 g/mol. The first-order valence-corrected chi connectivity index (χ1v) is 6.56. The summed E-state index contributed by atoms with van der Waals surface area (Å²) in [6.07, 6.45) is 2.01. The van der Waals surface area contributed by atoms with Crippen molar-refractivity contribution in [1.82, 2.24) is 10.2 Å². The second-order valence-electron chi connectivity index (χ2n) is 5.46. The highest BCUT2D eigenvalue weighted by Crippen LogP contribution is 2.22. The van der Waals surface area contributed by atoms with Crippen LogP contribution in [0.1, 0.15) is 26.7 Å². The van der Waals surface area contributed by atoms with Gasteiger partial charge >= 0.3 is 6.03 Å². The van der Waals surface area contributed by atoms with E-state index in [1.165, 1.54) is 0 Å². The maximum Gasteiger partial charge on any atom is 0.314 e. The quantitative estimate of drug-likeness (QED) is 0.761. The third-order valence-electron chi connectivity index (χ3n) is 3.51. The van der Waals surface area contributed by atoms with Crippen LogP contribution >= 0.6 is 0 Å². The minimum atomic E-state index is -0.457. The molecule has 0 aromatic carbocycles. The Bertz CT molecular complexity index is 301. The third-order valence-corrected chi connectivity index (χ3v) is 3.51. The predicted molar refractivity (Wildman–Crippen MR) is 67.1 cm³/mol. The Morgan fingerprint density at radius 2 is 2.11 bits per heavy atom. The monoisotopic (exact) mass is 257 g/mol. The third kappa shape index (κ3) is 3.57. The van der Waals surface area contributed by atoms with Gasteiger partial charge in [-0.15, -0.1) is 0 Å². The van der Waals surface area contributed by atoms with Crippen LogP contribution < -0.4 is 11.1 Å². The van der Waals surface area contributed by atoms with Crippen molar-refractivity contribution in [2.75, 3.05) is 26.2 Å². The van der Waals surface area contributed by atoms with Crippen LogP contribution in [0.25, 0.3) is 0 Å². The van der Waals surface area contributed by atoms with Gasteiger partial charge in [0.25, 0.3) is 0 Å². The van der Waals surface area contributed by atoms with E-state index >= 15 is 0 Å². The first-order valence-electron chi connectivity index (χ1n) is 6.56. The molecule has 0 bridgehead atoms. The molecule has 0 spiro atoms. The first-order chi connectivity index (χ1) is 8.46. The number of nitrogens with zero attached hydrogens (tertiary/aromatic N) is 1. The van der Waals surface area contributed by atoms with Gasteiger partial charge in [0.05, 0.1) is 12.7 Å². The summed E-state index contributed by atoms with van der Waals surface area (Å²) in [6.45, 7) is 6.77. The molecule has 0 aliphatic carbocycles. The zero-order valence-electron chi connectivity index (χ0n) is 11.1. The number of likely N-dealkylation sites (tertiary alicyclic amines) is 1. The molecule has 2 aliphatic rings. The van der Waals surface area contributed by atoms with Crippen molar-refractivity contribution in [3.05, 3.63) is 0 Å². The van der Waals surface area contributed by atoms with Crippen LogP contribution in [0.5, 0.6) is 0 Å². The van der Waals surface area contributed by atoms with Crippen molar-refractivity contribution in [2.24, 2.45) is 5.73 Å². The summed E-state index contributed by atoms with van der Waals surface area (Å²) in [5.74, 6) is -0.457. The van der Waals surface area contributed by atoms with Crippen LogP contribution in [0.15, 0.2) is 0 Å². The summed E-state index contributed by atoms with van der Waals surface area (Å²) in [6, 6.07) is 0.121. The van der Waals surface area contributed by atoms with Crippen LogP contribution in [0.3, 0.4) is 0 Å². The molecule has 2 heterocycles. The molecule has 2 amide bonds. The lowest BCUT2D eigenvalue weighted by molar-refractivity contribution is -0.138. The number of hydrogen-bond acceptors (Lipinski definition) is 4. The standard InChI is InChI=1S/C12H23N3O3/c1-12(2)17-8-10(18-12)7-14-9-3-5-15(6-4-9)11(13)16/h9-10,14H,3-8H2,1-2H3,(H2,13,16). The van der Waals surface area contributed by atoms with E-state index in [-0.39, 0.29) is 12.1 Å². The maximum atomic E-state index is 11.0. The zero-order chi connectivity index (χ0) is 13.2. The van der Waals surface area contributed by atoms with E-state index in [0.29, 0.717) is 12.6 Å². The van der Waals surface area contributed by atoms with Crippen molar-refractivity contribution >= 4 is 6.03 Å². The van der Waals surface area contributed by atoms with Gasteiger partial charge in [0, 0.05) is 25.7 Å². The Morgan fingerprint density at radius 1 is 1.44 bits per heavy atom. The van der Waals surface area contributed by atoms with Gasteiger partial charge in [-0.05, 0) is 26.7 Å². The molecular formula is C12H23N3O3. The normalized spacial score (nSPS) is 28.6. The second-order valence-corrected chi connectivity index (χ2v) is 5.46. The molecule has 2 fully saturated rings. The summed E-state index contributed by atoms with van der Waals surface area (Å²) >= 11 is 0. The van der Waals surface area contributed by atoms with Crippen LogP contribution in [-0.2, 0) is 9.47 Å². The fourth-order valence-corrected chi connectivity index (χ4v) is 2.47. The molecule has 1 unspecified atom stereocenters. The van der Waals surface area contributed by atoms with Crippen molar-refractivity contribution < 1.29 is 14.3 Å². The number of nitrogens with two attached hydrogens (primary N) is 1. The van der Waals surface area contributed by atoms with Crippen LogP contribution in [0.2, 0.25) is 0 Å². The van der Waals surface area contributed by atoms with Gasteiger partial charge in [0.2, 0.25) is 0 Å². The second kappa shape index (κ2) is 5.42. The molecule has 0 aromatic rings. The maximum absolute atomic E-state index is 11.0. The van der Waals surface area contributed by atoms with Crippen molar-refractivity contribution in [3.63, 3.8) is 0 Å². The molecule has 2 rings (SSSR count). The molecule has 1 atom stereocenters. The van der Waals surface area contributed by atoms with Gasteiger partial charge < -0.3 is 25.4 Å². The highest BCUT2D eigenvalue weighted by atomic mass is 16.7. The summed E-state index contributed by atoms with van der Waals surface area (Å²) in [4.78, 5) is 12.7. The number of urea groups is 1. The number of amides is 2. The molecule has 104 valence electrons. The molecule has 0 saturated carbocycles. The molecular weight excluding hydrogens is 234 g/mol. The largest absolute Gasteiger partial charge is 0.351 e. The summed E-state index contributed by atoms with van der Waals surface area (Å²) < 4.78 is 11.2.